The van der Waals surface area contributed by atoms with Crippen molar-refractivity contribution in [1.82, 2.24) is 5.32 Å². The zero-order valence-corrected chi connectivity index (χ0v) is 51.2. The molecule has 440 valence electrons. The molecule has 0 rings (SSSR count). The molecule has 0 aliphatic heterocycles. The molecule has 1 N–H and O–H groups in total. The molecule has 3 unspecified atom stereocenters. The van der Waals surface area contributed by atoms with Crippen LogP contribution in [-0.4, -0.2) is 69.4 Å². The molecule has 0 saturated carbocycles. The van der Waals surface area contributed by atoms with Crippen molar-refractivity contribution in [3.05, 3.63) is 48.6 Å². The Morgan fingerprint density at radius 1 is 0.467 bits per heavy atom. The number of allylic oxidation sites excluding steroid dienone is 7. The van der Waals surface area contributed by atoms with Crippen LogP contribution in [-0.2, 0) is 27.9 Å². The number of phosphoric ester groups is 1. The summed E-state index contributed by atoms with van der Waals surface area (Å²) in [5.41, 5.74) is 0. The van der Waals surface area contributed by atoms with Crippen molar-refractivity contribution in [3.8, 4) is 0 Å². The minimum absolute atomic E-state index is 0.0219. The number of carbonyl (C=O) groups is 2. The van der Waals surface area contributed by atoms with Crippen molar-refractivity contribution in [3.63, 3.8) is 0 Å². The smallest absolute Gasteiger partial charge is 0.306 e. The van der Waals surface area contributed by atoms with Crippen LogP contribution in [0, 0.1) is 0 Å². The number of nitrogens with one attached hydrogen (secondary N) is 1. The van der Waals surface area contributed by atoms with Gasteiger partial charge in [-0.1, -0.05) is 269 Å². The van der Waals surface area contributed by atoms with E-state index in [2.05, 4.69) is 62.5 Å². The summed E-state index contributed by atoms with van der Waals surface area (Å²) >= 11 is 0. The lowest BCUT2D eigenvalue weighted by Crippen LogP contribution is -2.47. The number of unbranched alkanes of at least 4 members (excludes halogenated alkanes) is 36. The normalized spacial score (nSPS) is 14.0. The van der Waals surface area contributed by atoms with E-state index in [0.29, 0.717) is 17.4 Å². The maximum absolute atomic E-state index is 13.5. The van der Waals surface area contributed by atoms with Crippen LogP contribution in [0.15, 0.2) is 48.6 Å². The lowest BCUT2D eigenvalue weighted by molar-refractivity contribution is -0.870. The van der Waals surface area contributed by atoms with E-state index in [0.717, 1.165) is 77.0 Å². The highest BCUT2D eigenvalue weighted by Crippen LogP contribution is 2.38. The van der Waals surface area contributed by atoms with Gasteiger partial charge in [-0.3, -0.25) is 14.2 Å². The third-order valence-corrected chi connectivity index (χ3v) is 15.2. The maximum atomic E-state index is 13.5. The van der Waals surface area contributed by atoms with Gasteiger partial charge < -0.3 is 28.5 Å². The van der Waals surface area contributed by atoms with Gasteiger partial charge in [0.25, 0.3) is 7.82 Å². The average molecular weight is 1080 g/mol. The van der Waals surface area contributed by atoms with Crippen molar-refractivity contribution in [2.45, 2.75) is 315 Å². The van der Waals surface area contributed by atoms with Gasteiger partial charge in [0.2, 0.25) is 5.91 Å². The Bertz CT molecular complexity index is 1420. The van der Waals surface area contributed by atoms with Crippen LogP contribution in [0.2, 0.25) is 0 Å². The van der Waals surface area contributed by atoms with Gasteiger partial charge in [-0.2, -0.15) is 0 Å². The van der Waals surface area contributed by atoms with Crippen LogP contribution in [0.4, 0.5) is 0 Å². The first-order valence-corrected chi connectivity index (χ1v) is 33.4. The van der Waals surface area contributed by atoms with E-state index in [1.54, 1.807) is 0 Å². The van der Waals surface area contributed by atoms with Crippen LogP contribution < -0.4 is 10.2 Å². The first-order chi connectivity index (χ1) is 36.4. The van der Waals surface area contributed by atoms with Crippen molar-refractivity contribution in [2.24, 2.45) is 0 Å². The van der Waals surface area contributed by atoms with Crippen LogP contribution in [0.5, 0.6) is 0 Å². The molecule has 0 heterocycles. The molecule has 0 aromatic rings. The SMILES string of the molecule is CCCCC/C=C\C/C=C\C/C=C\CCCCCCCCCCCCC(=O)NC(COP(=O)([O-])OCC[N+](C)(C)C)C(/C=C\CCCCCCCCCCC)OC(=O)CCCCCCCCCCCCCCCCC. The van der Waals surface area contributed by atoms with Crippen molar-refractivity contribution in [1.29, 1.82) is 0 Å². The van der Waals surface area contributed by atoms with E-state index in [9.17, 15) is 19.0 Å². The molecular weight excluding hydrogens is 952 g/mol. The fraction of sp³-hybridized carbons (Fsp3) is 0.846. The molecule has 0 saturated heterocycles. The van der Waals surface area contributed by atoms with Crippen LogP contribution >= 0.6 is 7.82 Å². The number of amides is 1. The van der Waals surface area contributed by atoms with E-state index in [-0.39, 0.29) is 31.5 Å². The van der Waals surface area contributed by atoms with Gasteiger partial charge >= 0.3 is 5.97 Å². The number of likely N-dealkylation sites (N-methyl/N-ethyl adjacent to an activating group) is 1. The highest BCUT2D eigenvalue weighted by molar-refractivity contribution is 7.45. The number of esters is 1. The fourth-order valence-electron chi connectivity index (χ4n) is 9.29. The van der Waals surface area contributed by atoms with Crippen LogP contribution in [0.25, 0.3) is 0 Å². The number of carbonyl (C=O) groups excluding carboxylic acids is 2. The topological polar surface area (TPSA) is 114 Å². The molecule has 9 nitrogen and oxygen atoms in total. The van der Waals surface area contributed by atoms with Gasteiger partial charge in [-0.15, -0.1) is 0 Å². The second-order valence-electron chi connectivity index (χ2n) is 22.9. The molecule has 0 aliphatic carbocycles. The molecule has 3 atom stereocenters. The number of ether oxygens (including phenoxy) is 1. The summed E-state index contributed by atoms with van der Waals surface area (Å²) in [5.74, 6) is -0.535. The molecule has 75 heavy (non-hydrogen) atoms. The summed E-state index contributed by atoms with van der Waals surface area (Å²) in [6, 6.07) is -0.887. The molecule has 0 bridgehead atoms. The molecule has 0 aromatic heterocycles. The Morgan fingerprint density at radius 2 is 0.813 bits per heavy atom. The van der Waals surface area contributed by atoms with E-state index < -0.39 is 20.0 Å². The molecule has 0 radical (unpaired) electrons. The highest BCUT2D eigenvalue weighted by Gasteiger charge is 2.27. The van der Waals surface area contributed by atoms with Gasteiger partial charge in [-0.25, -0.2) is 0 Å². The van der Waals surface area contributed by atoms with Crippen LogP contribution in [0.3, 0.4) is 0 Å². The minimum Gasteiger partial charge on any atom is -0.756 e. The van der Waals surface area contributed by atoms with Gasteiger partial charge in [0, 0.05) is 12.8 Å². The molecule has 0 aliphatic rings. The maximum Gasteiger partial charge on any atom is 0.306 e. The van der Waals surface area contributed by atoms with Gasteiger partial charge in [0.15, 0.2) is 0 Å². The quantitative estimate of drug-likeness (QED) is 0.0212. The van der Waals surface area contributed by atoms with E-state index in [4.69, 9.17) is 13.8 Å². The largest absolute Gasteiger partial charge is 0.756 e. The monoisotopic (exact) mass is 1070 g/mol. The number of rotatable bonds is 58. The Morgan fingerprint density at radius 3 is 1.24 bits per heavy atom. The average Bonchev–Trinajstić information content (AvgIpc) is 3.37. The van der Waals surface area contributed by atoms with Gasteiger partial charge in [-0.05, 0) is 70.3 Å². The number of hydrogen-bond acceptors (Lipinski definition) is 7. The summed E-state index contributed by atoms with van der Waals surface area (Å²) < 4.78 is 30.3. The second kappa shape index (κ2) is 55.3. The predicted molar refractivity (Wildman–Crippen MR) is 321 cm³/mol. The lowest BCUT2D eigenvalue weighted by atomic mass is 10.0. The molecule has 1 amide bonds. The summed E-state index contributed by atoms with van der Waals surface area (Å²) in [4.78, 5) is 40.0. The number of hydrogen-bond donors (Lipinski definition) is 1. The third kappa shape index (κ3) is 56.5. The number of phosphoric acid groups is 1. The number of quaternary nitrogens is 1. The summed E-state index contributed by atoms with van der Waals surface area (Å²) in [6.07, 6.45) is 67.9. The predicted octanol–water partition coefficient (Wildman–Crippen LogP) is 19.0. The third-order valence-electron chi connectivity index (χ3n) is 14.3. The summed E-state index contributed by atoms with van der Waals surface area (Å²) in [5, 5.41) is 3.03. The second-order valence-corrected chi connectivity index (χ2v) is 24.3. The van der Waals surface area contributed by atoms with E-state index in [1.807, 2.05) is 33.3 Å². The van der Waals surface area contributed by atoms with Gasteiger partial charge in [0.05, 0.1) is 33.8 Å². The highest BCUT2D eigenvalue weighted by atomic mass is 31.2. The van der Waals surface area contributed by atoms with Crippen LogP contribution in [0.1, 0.15) is 303 Å². The van der Waals surface area contributed by atoms with Crippen molar-refractivity contribution >= 4 is 19.7 Å². The zero-order chi connectivity index (χ0) is 55.0. The van der Waals surface area contributed by atoms with Crippen molar-refractivity contribution < 1.29 is 37.3 Å². The molecule has 0 fully saturated rings. The lowest BCUT2D eigenvalue weighted by Gasteiger charge is -2.30. The molecule has 0 spiro atoms. The summed E-state index contributed by atoms with van der Waals surface area (Å²) in [6.45, 7) is 6.84. The Balaban J connectivity index is 5.13. The Labute approximate surface area is 465 Å². The zero-order valence-electron chi connectivity index (χ0n) is 50.3. The van der Waals surface area contributed by atoms with E-state index in [1.165, 1.54) is 193 Å². The fourth-order valence-corrected chi connectivity index (χ4v) is 10.0. The first kappa shape index (κ1) is 73.0. The number of nitrogens with zero attached hydrogens (tertiary/aromatic N) is 1. The van der Waals surface area contributed by atoms with Crippen molar-refractivity contribution in [2.75, 3.05) is 40.9 Å². The molecule has 0 aromatic carbocycles. The Kier molecular flexibility index (Phi) is 53.8. The van der Waals surface area contributed by atoms with E-state index >= 15 is 0 Å². The standard InChI is InChI=1S/C65H123N2O7P/c1-7-10-13-16-19-22-25-27-29-30-31-32-33-34-35-36-38-39-42-45-48-51-54-57-64(68)66-62(61-73-75(70,71)72-60-59-67(4,5)6)63(56-53-50-47-44-41-24-21-18-15-12-9-3)74-65(69)58-55-52-49-46-43-40-37-28-26-23-20-17-14-11-8-2/h19,22,27,29,31-32,53,56,62-63H,7-18,20-21,23-26,28,30,33-52,54-55,57-61H2,1-6H3,(H-,66,68,70,71)/b22-19-,29-27-,32-31-,56-53-. The molecular formula is C65H123N2O7P. The minimum atomic E-state index is -4.70. The summed E-state index contributed by atoms with van der Waals surface area (Å²) in [7, 11) is 1.19. The molecule has 10 heteroatoms. The van der Waals surface area contributed by atoms with Gasteiger partial charge in [0.1, 0.15) is 19.3 Å². The first-order valence-electron chi connectivity index (χ1n) is 31.9. The Hall–Kier alpha value is -2.03.